The van der Waals surface area contributed by atoms with Gasteiger partial charge in [-0.15, -0.1) is 22.7 Å². The standard InChI is InChI=1S/C22H15N5OS3/c1-12-24-21-19(14(10-30-21)18-7-4-8-29-18)22(25-12)31-11-17(28)13(9-23)20-26-15-5-2-3-6-16(15)27-20/h2-8,10,28H,11H2,1H3,(H,26,27)/b17-13-. The van der Waals surface area contributed by atoms with E-state index in [1.165, 1.54) is 11.8 Å². The van der Waals surface area contributed by atoms with E-state index in [1.807, 2.05) is 42.6 Å². The van der Waals surface area contributed by atoms with Crippen molar-refractivity contribution in [1.82, 2.24) is 19.9 Å². The van der Waals surface area contributed by atoms with Crippen LogP contribution in [0.5, 0.6) is 0 Å². The summed E-state index contributed by atoms with van der Waals surface area (Å²) < 4.78 is 0. The summed E-state index contributed by atoms with van der Waals surface area (Å²) in [7, 11) is 0. The molecule has 5 aromatic rings. The number of hydrogen-bond donors (Lipinski definition) is 2. The van der Waals surface area contributed by atoms with Gasteiger partial charge in [0.2, 0.25) is 0 Å². The molecule has 0 radical (unpaired) electrons. The molecule has 5 rings (SSSR count). The maximum Gasteiger partial charge on any atom is 0.152 e. The van der Waals surface area contributed by atoms with Crippen LogP contribution in [0.25, 0.3) is 37.3 Å². The van der Waals surface area contributed by atoms with Gasteiger partial charge in [0, 0.05) is 15.8 Å². The molecule has 0 aliphatic heterocycles. The van der Waals surface area contributed by atoms with Gasteiger partial charge in [0.05, 0.1) is 22.2 Å². The lowest BCUT2D eigenvalue weighted by molar-refractivity contribution is 0.420. The number of aliphatic hydroxyl groups excluding tert-OH is 1. The summed E-state index contributed by atoms with van der Waals surface area (Å²) in [5.41, 5.74) is 2.80. The van der Waals surface area contributed by atoms with Crippen LogP contribution in [0, 0.1) is 18.3 Å². The summed E-state index contributed by atoms with van der Waals surface area (Å²) in [6, 6.07) is 13.7. The van der Waals surface area contributed by atoms with Gasteiger partial charge in [-0.25, -0.2) is 15.0 Å². The molecular formula is C22H15N5OS3. The molecule has 2 N–H and O–H groups in total. The predicted octanol–water partition coefficient (Wildman–Crippen LogP) is 6.19. The Balaban J connectivity index is 1.51. The van der Waals surface area contributed by atoms with Gasteiger partial charge in [-0.1, -0.05) is 30.0 Å². The maximum atomic E-state index is 10.7. The maximum absolute atomic E-state index is 10.7. The summed E-state index contributed by atoms with van der Waals surface area (Å²) in [5.74, 6) is 1.20. The molecule has 4 aromatic heterocycles. The van der Waals surface area contributed by atoms with Crippen LogP contribution >= 0.6 is 34.4 Å². The summed E-state index contributed by atoms with van der Waals surface area (Å²) in [5, 5.41) is 26.3. The van der Waals surface area contributed by atoms with Crippen LogP contribution < -0.4 is 0 Å². The fraction of sp³-hybridized carbons (Fsp3) is 0.0909. The van der Waals surface area contributed by atoms with Crippen LogP contribution in [0.15, 0.2) is 57.9 Å². The summed E-state index contributed by atoms with van der Waals surface area (Å²) in [6.07, 6.45) is 0. The Morgan fingerprint density at radius 2 is 2.03 bits per heavy atom. The minimum Gasteiger partial charge on any atom is -0.510 e. The SMILES string of the molecule is Cc1nc(SC/C(O)=C(\C#N)c2nc3ccccc3[nH]2)c2c(-c3cccs3)csc2n1. The lowest BCUT2D eigenvalue weighted by Crippen LogP contribution is -1.97. The number of nitrogens with zero attached hydrogens (tertiary/aromatic N) is 4. The Hall–Kier alpha value is -3.19. The van der Waals surface area contributed by atoms with Crippen molar-refractivity contribution in [2.75, 3.05) is 5.75 Å². The molecular weight excluding hydrogens is 446 g/mol. The molecule has 152 valence electrons. The molecule has 0 fully saturated rings. The molecule has 0 amide bonds. The van der Waals surface area contributed by atoms with Crippen LogP contribution in [0.4, 0.5) is 0 Å². The van der Waals surface area contributed by atoms with E-state index in [4.69, 9.17) is 0 Å². The van der Waals surface area contributed by atoms with Crippen LogP contribution in [0.2, 0.25) is 0 Å². The molecule has 0 saturated heterocycles. The first kappa shape index (κ1) is 19.8. The number of H-pyrrole nitrogens is 1. The van der Waals surface area contributed by atoms with E-state index in [9.17, 15) is 10.4 Å². The van der Waals surface area contributed by atoms with Gasteiger partial charge in [-0.2, -0.15) is 5.26 Å². The highest BCUT2D eigenvalue weighted by Crippen LogP contribution is 2.40. The number of aromatic nitrogens is 4. The number of thioether (sulfide) groups is 1. The Morgan fingerprint density at radius 1 is 1.16 bits per heavy atom. The highest BCUT2D eigenvalue weighted by atomic mass is 32.2. The van der Waals surface area contributed by atoms with Gasteiger partial charge in [-0.05, 0) is 30.5 Å². The number of para-hydroxylation sites is 2. The van der Waals surface area contributed by atoms with Gasteiger partial charge in [-0.3, -0.25) is 0 Å². The van der Waals surface area contributed by atoms with E-state index >= 15 is 0 Å². The summed E-state index contributed by atoms with van der Waals surface area (Å²) >= 11 is 4.65. The van der Waals surface area contributed by atoms with Gasteiger partial charge >= 0.3 is 0 Å². The average molecular weight is 462 g/mol. The molecule has 6 nitrogen and oxygen atoms in total. The fourth-order valence-electron chi connectivity index (χ4n) is 3.26. The molecule has 0 bridgehead atoms. The van der Waals surface area contributed by atoms with E-state index < -0.39 is 0 Å². The van der Waals surface area contributed by atoms with E-state index in [2.05, 4.69) is 37.5 Å². The lowest BCUT2D eigenvalue weighted by atomic mass is 10.2. The number of aryl methyl sites for hydroxylation is 1. The monoisotopic (exact) mass is 461 g/mol. The van der Waals surface area contributed by atoms with Crippen molar-refractivity contribution in [3.05, 3.63) is 64.6 Å². The van der Waals surface area contributed by atoms with Gasteiger partial charge in [0.15, 0.2) is 5.82 Å². The number of fused-ring (bicyclic) bond motifs is 2. The Morgan fingerprint density at radius 3 is 2.81 bits per heavy atom. The van der Waals surface area contributed by atoms with Crippen molar-refractivity contribution in [2.45, 2.75) is 11.9 Å². The third-order valence-electron chi connectivity index (χ3n) is 4.67. The zero-order valence-corrected chi connectivity index (χ0v) is 18.7. The third-order valence-corrected chi connectivity index (χ3v) is 7.43. The van der Waals surface area contributed by atoms with E-state index in [0.29, 0.717) is 11.6 Å². The van der Waals surface area contributed by atoms with Gasteiger partial charge in [0.1, 0.15) is 33.1 Å². The van der Waals surface area contributed by atoms with Gasteiger partial charge in [0.25, 0.3) is 0 Å². The normalized spacial score (nSPS) is 12.3. The second-order valence-corrected chi connectivity index (χ2v) is 9.48. The van der Waals surface area contributed by atoms with Crippen LogP contribution in [0.3, 0.4) is 0 Å². The highest BCUT2D eigenvalue weighted by Gasteiger charge is 2.18. The summed E-state index contributed by atoms with van der Waals surface area (Å²) in [4.78, 5) is 18.8. The van der Waals surface area contributed by atoms with Crippen molar-refractivity contribution in [2.24, 2.45) is 0 Å². The smallest absolute Gasteiger partial charge is 0.152 e. The number of allylic oxidation sites excluding steroid dienone is 1. The Labute approximate surface area is 190 Å². The Bertz CT molecular complexity index is 1440. The highest BCUT2D eigenvalue weighted by molar-refractivity contribution is 7.99. The topological polar surface area (TPSA) is 98.5 Å². The first-order chi connectivity index (χ1) is 15.1. The number of hydrogen-bond acceptors (Lipinski definition) is 8. The number of aromatic amines is 1. The third kappa shape index (κ3) is 3.70. The minimum absolute atomic E-state index is 0.0381. The average Bonchev–Trinajstić information content (AvgIpc) is 3.51. The first-order valence-electron chi connectivity index (χ1n) is 9.34. The molecule has 0 aliphatic carbocycles. The fourth-order valence-corrected chi connectivity index (χ4v) is 6.10. The molecule has 0 atom stereocenters. The van der Waals surface area contributed by atoms with Crippen molar-refractivity contribution in [3.8, 4) is 16.5 Å². The molecule has 31 heavy (non-hydrogen) atoms. The molecule has 0 aliphatic rings. The second-order valence-electron chi connectivity index (χ2n) is 6.71. The minimum atomic E-state index is -0.0381. The van der Waals surface area contributed by atoms with E-state index in [-0.39, 0.29) is 17.1 Å². The first-order valence-corrected chi connectivity index (χ1v) is 12.1. The number of nitriles is 1. The zero-order chi connectivity index (χ0) is 21.4. The van der Waals surface area contributed by atoms with Gasteiger partial charge < -0.3 is 10.1 Å². The van der Waals surface area contributed by atoms with Crippen molar-refractivity contribution in [1.29, 1.82) is 5.26 Å². The molecule has 0 unspecified atom stereocenters. The van der Waals surface area contributed by atoms with Crippen LogP contribution in [0.1, 0.15) is 11.6 Å². The molecule has 9 heteroatoms. The number of thiophene rings is 2. The predicted molar refractivity (Wildman–Crippen MR) is 127 cm³/mol. The second kappa shape index (κ2) is 8.15. The van der Waals surface area contributed by atoms with Crippen LogP contribution in [-0.4, -0.2) is 30.8 Å². The number of imidazole rings is 1. The number of rotatable bonds is 5. The number of aliphatic hydroxyl groups is 1. The van der Waals surface area contributed by atoms with E-state index in [1.54, 1.807) is 22.7 Å². The molecule has 0 spiro atoms. The van der Waals surface area contributed by atoms with E-state index in [0.717, 1.165) is 36.7 Å². The zero-order valence-electron chi connectivity index (χ0n) is 16.3. The van der Waals surface area contributed by atoms with Crippen molar-refractivity contribution in [3.63, 3.8) is 0 Å². The Kier molecular flexibility index (Phi) is 5.19. The lowest BCUT2D eigenvalue weighted by Gasteiger charge is -2.06. The molecule has 0 saturated carbocycles. The number of nitrogens with one attached hydrogen (secondary N) is 1. The van der Waals surface area contributed by atoms with Crippen molar-refractivity contribution >= 4 is 61.3 Å². The number of benzene rings is 1. The summed E-state index contributed by atoms with van der Waals surface area (Å²) in [6.45, 7) is 1.86. The van der Waals surface area contributed by atoms with Crippen LogP contribution in [-0.2, 0) is 0 Å². The van der Waals surface area contributed by atoms with Crippen molar-refractivity contribution < 1.29 is 5.11 Å². The largest absolute Gasteiger partial charge is 0.510 e. The quantitative estimate of drug-likeness (QED) is 0.140. The molecule has 4 heterocycles. The molecule has 1 aromatic carbocycles.